The van der Waals surface area contributed by atoms with E-state index >= 15 is 0 Å². The van der Waals surface area contributed by atoms with Crippen molar-refractivity contribution in [3.63, 3.8) is 0 Å². The molecule has 0 aliphatic heterocycles. The second-order valence-corrected chi connectivity index (χ2v) is 14.2. The molecule has 6 rings (SSSR count). The van der Waals surface area contributed by atoms with Crippen LogP contribution in [0.4, 0.5) is 26.3 Å². The molecule has 0 radical (unpaired) electrons. The first-order valence-electron chi connectivity index (χ1n) is 17.2. The summed E-state index contributed by atoms with van der Waals surface area (Å²) < 4.78 is 146. The van der Waals surface area contributed by atoms with E-state index in [9.17, 15) is 44.1 Å². The quantitative estimate of drug-likeness (QED) is 0.0402. The van der Waals surface area contributed by atoms with Gasteiger partial charge in [-0.25, -0.2) is 8.42 Å². The van der Waals surface area contributed by atoms with Gasteiger partial charge in [0, 0.05) is 17.2 Å². The van der Waals surface area contributed by atoms with Crippen molar-refractivity contribution in [2.45, 2.75) is 29.6 Å². The van der Waals surface area contributed by atoms with E-state index < -0.39 is 49.7 Å². The smallest absolute Gasteiger partial charge is 0.744 e. The van der Waals surface area contributed by atoms with Gasteiger partial charge in [0.25, 0.3) is 0 Å². The normalized spacial score (nSPS) is 11.8. The molecule has 0 aliphatic carbocycles. The molecule has 6 aromatic carbocycles. The second kappa shape index (κ2) is 18.2. The van der Waals surface area contributed by atoms with E-state index in [0.717, 1.165) is 48.0 Å². The van der Waals surface area contributed by atoms with Crippen LogP contribution in [0.2, 0.25) is 0 Å². The number of aryl methyl sites for hydroxylation is 1. The summed E-state index contributed by atoms with van der Waals surface area (Å²) in [5, 5.41) is 0. The number of benzene rings is 6. The Kier molecular flexibility index (Phi) is 14.0. The summed E-state index contributed by atoms with van der Waals surface area (Å²) in [6.45, 7) is 1.81. The van der Waals surface area contributed by atoms with Crippen molar-refractivity contribution >= 4 is 15.9 Å². The maximum Gasteiger partial charge on any atom is 1.00 e. The van der Waals surface area contributed by atoms with E-state index in [4.69, 9.17) is 25.4 Å². The van der Waals surface area contributed by atoms with Gasteiger partial charge in [-0.2, -0.15) is 26.3 Å². The van der Waals surface area contributed by atoms with Crippen LogP contribution in [0.1, 0.15) is 38.2 Å². The summed E-state index contributed by atoms with van der Waals surface area (Å²) in [6.07, 6.45) is -6.02. The van der Waals surface area contributed by atoms with Crippen molar-refractivity contribution in [3.05, 3.63) is 167 Å². The van der Waals surface area contributed by atoms with Crippen molar-refractivity contribution in [2.75, 3.05) is 7.11 Å². The van der Waals surface area contributed by atoms with E-state index in [1.807, 2.05) is 6.92 Å². The zero-order valence-electron chi connectivity index (χ0n) is 31.7. The van der Waals surface area contributed by atoms with Crippen LogP contribution in [-0.2, 0) is 15.5 Å². The van der Waals surface area contributed by atoms with E-state index in [0.29, 0.717) is 17.7 Å². The van der Waals surface area contributed by atoms with Crippen molar-refractivity contribution in [3.8, 4) is 52.6 Å². The summed E-state index contributed by atoms with van der Waals surface area (Å²) in [4.78, 5) is 12.6. The standard InChI is InChI=1S/C44H30F6O8S.K/c1-4-28-6-5-27(2)25-39(28)58-37-23-24-38(40(26-37)59(52,53)54)57-36-17-9-30(10-18-36)41(51)29-7-15-34(16-8-29)56-35-21-13-32(14-22-35)42(43(45,46)47,44(48,49)50)31-11-19-33(55-3)20-12-31;/h1,5-26H,2-3H3,(H,52,53,54);/q;+1/p-1. The number of hydrogen-bond donors (Lipinski definition) is 0. The van der Waals surface area contributed by atoms with Gasteiger partial charge in [0.05, 0.1) is 12.7 Å². The Morgan fingerprint density at radius 2 is 1.03 bits per heavy atom. The van der Waals surface area contributed by atoms with Gasteiger partial charge in [0.15, 0.2) is 5.78 Å². The summed E-state index contributed by atoms with van der Waals surface area (Å²) in [6, 6.07) is 26.7. The molecule has 0 spiro atoms. The molecular weight excluding hydrogens is 842 g/mol. The van der Waals surface area contributed by atoms with E-state index in [2.05, 4.69) is 5.92 Å². The average molecular weight is 871 g/mol. The van der Waals surface area contributed by atoms with Crippen molar-refractivity contribution in [1.82, 2.24) is 0 Å². The molecule has 0 N–H and O–H groups in total. The van der Waals surface area contributed by atoms with Crippen LogP contribution in [0.3, 0.4) is 0 Å². The molecule has 0 heterocycles. The van der Waals surface area contributed by atoms with Gasteiger partial charge in [0.2, 0.25) is 5.41 Å². The summed E-state index contributed by atoms with van der Waals surface area (Å²) in [5.41, 5.74) is -4.86. The number of rotatable bonds is 12. The number of carbonyl (C=O) groups excluding carboxylic acids is 1. The fraction of sp³-hybridized carbons (Fsp3) is 0.114. The molecule has 0 amide bonds. The molecule has 0 saturated heterocycles. The molecule has 302 valence electrons. The topological polar surface area (TPSA) is 111 Å². The number of carbonyl (C=O) groups is 1. The van der Waals surface area contributed by atoms with Gasteiger partial charge < -0.3 is 23.5 Å². The zero-order valence-corrected chi connectivity index (χ0v) is 35.7. The summed E-state index contributed by atoms with van der Waals surface area (Å²) in [5.74, 6) is 2.24. The third-order valence-electron chi connectivity index (χ3n) is 9.06. The van der Waals surface area contributed by atoms with E-state index in [-0.39, 0.29) is 103 Å². The maximum atomic E-state index is 14.5. The monoisotopic (exact) mass is 870 g/mol. The van der Waals surface area contributed by atoms with Gasteiger partial charge >= 0.3 is 63.7 Å². The van der Waals surface area contributed by atoms with Gasteiger partial charge in [-0.3, -0.25) is 4.79 Å². The molecule has 0 aromatic heterocycles. The van der Waals surface area contributed by atoms with Crippen molar-refractivity contribution < 1.29 is 114 Å². The summed E-state index contributed by atoms with van der Waals surface area (Å²) in [7, 11) is -3.82. The van der Waals surface area contributed by atoms with Gasteiger partial charge in [-0.1, -0.05) is 36.3 Å². The Hall–Kier alpha value is -5.12. The van der Waals surface area contributed by atoms with Crippen LogP contribution in [0.25, 0.3) is 0 Å². The molecule has 0 atom stereocenters. The predicted molar refractivity (Wildman–Crippen MR) is 202 cm³/mol. The molecule has 60 heavy (non-hydrogen) atoms. The second-order valence-electron chi connectivity index (χ2n) is 12.9. The number of alkyl halides is 6. The molecule has 8 nitrogen and oxygen atoms in total. The zero-order chi connectivity index (χ0) is 42.8. The Labute approximate surface area is 383 Å². The van der Waals surface area contributed by atoms with Crippen LogP contribution in [0.15, 0.2) is 138 Å². The minimum atomic E-state index is -5.78. The Morgan fingerprint density at radius 1 is 0.600 bits per heavy atom. The number of methoxy groups -OCH3 is 1. The Bertz CT molecular complexity index is 2630. The summed E-state index contributed by atoms with van der Waals surface area (Å²) >= 11 is 0. The minimum Gasteiger partial charge on any atom is -0.744 e. The largest absolute Gasteiger partial charge is 1.00 e. The van der Waals surface area contributed by atoms with E-state index in [1.165, 1.54) is 67.8 Å². The van der Waals surface area contributed by atoms with Crippen LogP contribution >= 0.6 is 0 Å². The number of ketones is 1. The van der Waals surface area contributed by atoms with Crippen LogP contribution in [0.5, 0.6) is 40.2 Å². The Balaban J connectivity index is 0.00000683. The van der Waals surface area contributed by atoms with Crippen molar-refractivity contribution in [1.29, 1.82) is 0 Å². The molecule has 0 bridgehead atoms. The molecule has 16 heteroatoms. The van der Waals surface area contributed by atoms with E-state index in [1.54, 1.807) is 18.2 Å². The fourth-order valence-electron chi connectivity index (χ4n) is 6.17. The van der Waals surface area contributed by atoms with Gasteiger partial charge in [0.1, 0.15) is 55.3 Å². The average Bonchev–Trinajstić information content (AvgIpc) is 3.18. The fourth-order valence-corrected chi connectivity index (χ4v) is 6.78. The van der Waals surface area contributed by atoms with Crippen LogP contribution in [-0.4, -0.2) is 38.2 Å². The first-order valence-corrected chi connectivity index (χ1v) is 18.6. The first kappa shape index (κ1) is 46.0. The maximum absolute atomic E-state index is 14.5. The molecule has 6 aromatic rings. The molecular formula is C44H29F6KO8S. The number of ether oxygens (including phenoxy) is 4. The molecule has 0 saturated carbocycles. The number of hydrogen-bond acceptors (Lipinski definition) is 8. The number of halogens is 6. The molecule has 0 aliphatic rings. The third-order valence-corrected chi connectivity index (χ3v) is 9.92. The van der Waals surface area contributed by atoms with Gasteiger partial charge in [-0.05, 0) is 121 Å². The van der Waals surface area contributed by atoms with Crippen LogP contribution in [0, 0.1) is 19.3 Å². The predicted octanol–water partition coefficient (Wildman–Crippen LogP) is 7.91. The molecule has 0 unspecified atom stereocenters. The van der Waals surface area contributed by atoms with Crippen molar-refractivity contribution in [2.24, 2.45) is 0 Å². The van der Waals surface area contributed by atoms with Crippen LogP contribution < -0.4 is 70.3 Å². The first-order chi connectivity index (χ1) is 27.8. The Morgan fingerprint density at radius 3 is 1.48 bits per heavy atom. The SMILES string of the molecule is C#Cc1ccc(C)cc1Oc1ccc(Oc2ccc(C(=O)c3ccc(Oc4ccc(C(c5ccc(OC)cc5)(C(F)(F)F)C(F)(F)F)cc4)cc3)cc2)c(S(=O)(=O)[O-])c1.[K+]. The number of terminal acetylenes is 1. The minimum absolute atomic E-state index is 0. The third kappa shape index (κ3) is 9.74. The molecule has 0 fully saturated rings. The van der Waals surface area contributed by atoms with Gasteiger partial charge in [-0.15, -0.1) is 6.42 Å².